The highest BCUT2D eigenvalue weighted by Crippen LogP contribution is 2.16. The van der Waals surface area contributed by atoms with Gasteiger partial charge < -0.3 is 9.64 Å². The molecule has 0 aliphatic heterocycles. The van der Waals surface area contributed by atoms with E-state index in [4.69, 9.17) is 9.94 Å². The number of para-hydroxylation sites is 1. The van der Waals surface area contributed by atoms with Crippen LogP contribution in [0.4, 0.5) is 5.69 Å². The second-order valence-corrected chi connectivity index (χ2v) is 5.20. The summed E-state index contributed by atoms with van der Waals surface area (Å²) in [5, 5.41) is 8.57. The number of nitrogens with one attached hydrogen (secondary N) is 1. The molecule has 0 heterocycles. The third-order valence-corrected chi connectivity index (χ3v) is 3.38. The second-order valence-electron chi connectivity index (χ2n) is 5.20. The van der Waals surface area contributed by atoms with Crippen molar-refractivity contribution in [3.05, 3.63) is 60.2 Å². The monoisotopic (exact) mass is 328 g/mol. The van der Waals surface area contributed by atoms with E-state index in [1.165, 1.54) is 24.3 Å². The van der Waals surface area contributed by atoms with Crippen molar-refractivity contribution in [1.82, 2.24) is 5.48 Å². The van der Waals surface area contributed by atoms with E-state index in [0.29, 0.717) is 5.75 Å². The van der Waals surface area contributed by atoms with Crippen LogP contribution < -0.4 is 15.1 Å². The summed E-state index contributed by atoms with van der Waals surface area (Å²) in [6.07, 6.45) is 0.910. The SMILES string of the molecule is CCCN(CC(=O)Oc1ccc(C(=O)NO)cc1)c1ccccc1. The zero-order valence-corrected chi connectivity index (χ0v) is 13.4. The maximum atomic E-state index is 12.2. The number of hydroxylamine groups is 1. The van der Waals surface area contributed by atoms with Gasteiger partial charge in [-0.15, -0.1) is 0 Å². The molecular formula is C18H20N2O4. The molecule has 0 atom stereocenters. The standard InChI is InChI=1S/C18H20N2O4/c1-2-12-20(15-6-4-3-5-7-15)13-17(21)24-16-10-8-14(9-11-16)18(22)19-23/h3-11,23H,2,12-13H2,1H3,(H,19,22). The number of carbonyl (C=O) groups excluding carboxylic acids is 2. The Morgan fingerprint density at radius 1 is 1.08 bits per heavy atom. The van der Waals surface area contributed by atoms with E-state index in [9.17, 15) is 9.59 Å². The van der Waals surface area contributed by atoms with Gasteiger partial charge >= 0.3 is 5.97 Å². The maximum absolute atomic E-state index is 12.2. The molecule has 0 radical (unpaired) electrons. The average molecular weight is 328 g/mol. The van der Waals surface area contributed by atoms with Gasteiger partial charge in [-0.25, -0.2) is 10.3 Å². The molecule has 2 aromatic rings. The van der Waals surface area contributed by atoms with Crippen LogP contribution in [0.1, 0.15) is 23.7 Å². The first-order chi connectivity index (χ1) is 11.6. The smallest absolute Gasteiger partial charge is 0.330 e. The van der Waals surface area contributed by atoms with Crippen molar-refractivity contribution in [2.45, 2.75) is 13.3 Å². The molecule has 0 fully saturated rings. The first-order valence-electron chi connectivity index (χ1n) is 7.69. The van der Waals surface area contributed by atoms with E-state index in [2.05, 4.69) is 0 Å². The second kappa shape index (κ2) is 8.69. The van der Waals surface area contributed by atoms with Gasteiger partial charge in [-0.3, -0.25) is 10.0 Å². The number of hydrogen-bond donors (Lipinski definition) is 2. The van der Waals surface area contributed by atoms with Crippen molar-refractivity contribution in [2.75, 3.05) is 18.0 Å². The van der Waals surface area contributed by atoms with Gasteiger partial charge in [0, 0.05) is 17.8 Å². The van der Waals surface area contributed by atoms with Gasteiger partial charge in [0.25, 0.3) is 5.91 Å². The first kappa shape index (κ1) is 17.5. The van der Waals surface area contributed by atoms with Crippen LogP contribution in [0.15, 0.2) is 54.6 Å². The molecule has 6 heteroatoms. The van der Waals surface area contributed by atoms with Crippen molar-refractivity contribution >= 4 is 17.6 Å². The third-order valence-electron chi connectivity index (χ3n) is 3.38. The van der Waals surface area contributed by atoms with E-state index >= 15 is 0 Å². The Bertz CT molecular complexity index is 671. The highest BCUT2D eigenvalue weighted by Gasteiger charge is 2.13. The summed E-state index contributed by atoms with van der Waals surface area (Å²) in [7, 11) is 0. The Balaban J connectivity index is 1.99. The summed E-state index contributed by atoms with van der Waals surface area (Å²) in [4.78, 5) is 25.4. The van der Waals surface area contributed by atoms with Crippen LogP contribution >= 0.6 is 0 Å². The lowest BCUT2D eigenvalue weighted by Gasteiger charge is -2.23. The van der Waals surface area contributed by atoms with Crippen molar-refractivity contribution in [2.24, 2.45) is 0 Å². The molecule has 0 saturated carbocycles. The zero-order chi connectivity index (χ0) is 17.4. The van der Waals surface area contributed by atoms with Gasteiger partial charge in [0.15, 0.2) is 0 Å². The molecule has 6 nitrogen and oxygen atoms in total. The minimum absolute atomic E-state index is 0.136. The minimum atomic E-state index is -0.619. The van der Waals surface area contributed by atoms with E-state index in [1.807, 2.05) is 42.2 Å². The number of nitrogens with zero attached hydrogens (tertiary/aromatic N) is 1. The molecule has 0 bridgehead atoms. The molecule has 0 aliphatic rings. The molecular weight excluding hydrogens is 308 g/mol. The Hall–Kier alpha value is -2.86. The first-order valence-corrected chi connectivity index (χ1v) is 7.69. The summed E-state index contributed by atoms with van der Waals surface area (Å²) in [6.45, 7) is 2.93. The Morgan fingerprint density at radius 2 is 1.75 bits per heavy atom. The lowest BCUT2D eigenvalue weighted by Crippen LogP contribution is -2.32. The fourth-order valence-electron chi connectivity index (χ4n) is 2.27. The van der Waals surface area contributed by atoms with Gasteiger partial charge in [0.05, 0.1) is 0 Å². The molecule has 2 N–H and O–H groups in total. The molecule has 0 aliphatic carbocycles. The van der Waals surface area contributed by atoms with E-state index in [-0.39, 0.29) is 18.1 Å². The van der Waals surface area contributed by atoms with Crippen LogP contribution in [-0.2, 0) is 4.79 Å². The molecule has 0 saturated heterocycles. The summed E-state index contributed by atoms with van der Waals surface area (Å²) >= 11 is 0. The van der Waals surface area contributed by atoms with Gasteiger partial charge in [0.1, 0.15) is 12.3 Å². The topological polar surface area (TPSA) is 78.9 Å². The number of benzene rings is 2. The predicted octanol–water partition coefficient (Wildman–Crippen LogP) is 2.63. The Kier molecular flexibility index (Phi) is 6.33. The van der Waals surface area contributed by atoms with Gasteiger partial charge in [-0.2, -0.15) is 0 Å². The number of ether oxygens (including phenoxy) is 1. The van der Waals surface area contributed by atoms with Crippen LogP contribution in [0, 0.1) is 0 Å². The van der Waals surface area contributed by atoms with Crippen LogP contribution in [0.25, 0.3) is 0 Å². The summed E-state index contributed by atoms with van der Waals surface area (Å²) in [6, 6.07) is 15.6. The number of anilines is 1. The highest BCUT2D eigenvalue weighted by atomic mass is 16.5. The fourth-order valence-corrected chi connectivity index (χ4v) is 2.27. The van der Waals surface area contributed by atoms with Crippen LogP contribution in [0.2, 0.25) is 0 Å². The number of hydrogen-bond acceptors (Lipinski definition) is 5. The summed E-state index contributed by atoms with van der Waals surface area (Å²) in [5.41, 5.74) is 2.78. The van der Waals surface area contributed by atoms with E-state index in [0.717, 1.165) is 18.7 Å². The van der Waals surface area contributed by atoms with Crippen molar-refractivity contribution in [3.8, 4) is 5.75 Å². The van der Waals surface area contributed by atoms with Gasteiger partial charge in [-0.1, -0.05) is 25.1 Å². The van der Waals surface area contributed by atoms with Crippen molar-refractivity contribution in [3.63, 3.8) is 0 Å². The number of esters is 1. The van der Waals surface area contributed by atoms with Crippen LogP contribution in [0.3, 0.4) is 0 Å². The van der Waals surface area contributed by atoms with Gasteiger partial charge in [0.2, 0.25) is 0 Å². The minimum Gasteiger partial charge on any atom is -0.425 e. The zero-order valence-electron chi connectivity index (χ0n) is 13.4. The van der Waals surface area contributed by atoms with E-state index < -0.39 is 5.91 Å². The molecule has 0 spiro atoms. The Labute approximate surface area is 140 Å². The normalized spacial score (nSPS) is 10.1. The molecule has 126 valence electrons. The van der Waals surface area contributed by atoms with Crippen molar-refractivity contribution < 1.29 is 19.5 Å². The third kappa shape index (κ3) is 4.82. The summed E-state index contributed by atoms with van der Waals surface area (Å²) < 4.78 is 5.31. The number of carbonyl (C=O) groups is 2. The molecule has 2 rings (SSSR count). The molecule has 0 aromatic heterocycles. The number of rotatable bonds is 7. The fraction of sp³-hybridized carbons (Fsp3) is 0.222. The lowest BCUT2D eigenvalue weighted by molar-refractivity contribution is -0.132. The highest BCUT2D eigenvalue weighted by molar-refractivity contribution is 5.93. The molecule has 0 unspecified atom stereocenters. The summed E-state index contributed by atoms with van der Waals surface area (Å²) in [5.74, 6) is -0.656. The average Bonchev–Trinajstić information content (AvgIpc) is 2.62. The molecule has 1 amide bonds. The van der Waals surface area contributed by atoms with Crippen LogP contribution in [0.5, 0.6) is 5.75 Å². The van der Waals surface area contributed by atoms with Crippen LogP contribution in [-0.4, -0.2) is 30.2 Å². The van der Waals surface area contributed by atoms with E-state index in [1.54, 1.807) is 5.48 Å². The largest absolute Gasteiger partial charge is 0.425 e. The predicted molar refractivity (Wildman–Crippen MR) is 90.3 cm³/mol. The molecule has 2 aromatic carbocycles. The number of amides is 1. The van der Waals surface area contributed by atoms with Gasteiger partial charge in [-0.05, 0) is 42.8 Å². The van der Waals surface area contributed by atoms with Crippen molar-refractivity contribution in [1.29, 1.82) is 0 Å². The Morgan fingerprint density at radius 3 is 2.33 bits per heavy atom. The molecule has 24 heavy (non-hydrogen) atoms. The quantitative estimate of drug-likeness (QED) is 0.353. The lowest BCUT2D eigenvalue weighted by atomic mass is 10.2. The maximum Gasteiger partial charge on any atom is 0.330 e.